The highest BCUT2D eigenvalue weighted by atomic mass is 35.5. The Morgan fingerprint density at radius 1 is 1.25 bits per heavy atom. The normalized spacial score (nSPS) is 11.0. The Hall–Kier alpha value is -2.33. The van der Waals surface area contributed by atoms with Crippen molar-refractivity contribution in [3.63, 3.8) is 0 Å². The maximum atomic E-state index is 11.1. The van der Waals surface area contributed by atoms with Crippen LogP contribution in [-0.4, -0.2) is 21.8 Å². The number of carboxylic acids is 1. The summed E-state index contributed by atoms with van der Waals surface area (Å²) in [5.41, 5.74) is 4.08. The third kappa shape index (κ3) is 3.77. The monoisotopic (exact) mass is 382 g/mol. The number of hydrazone groups is 1. The molecule has 122 valence electrons. The van der Waals surface area contributed by atoms with Gasteiger partial charge in [0, 0.05) is 0 Å². The fourth-order valence-corrected chi connectivity index (χ4v) is 2.41. The molecular formula is C15H9Cl3N4O2. The minimum Gasteiger partial charge on any atom is -0.476 e. The van der Waals surface area contributed by atoms with E-state index in [-0.39, 0.29) is 20.9 Å². The van der Waals surface area contributed by atoms with E-state index in [1.165, 1.54) is 0 Å². The second-order valence-electron chi connectivity index (χ2n) is 4.56. The van der Waals surface area contributed by atoms with Crippen LogP contribution in [0, 0.1) is 11.3 Å². The zero-order valence-electron chi connectivity index (χ0n) is 12.1. The molecule has 0 bridgehead atoms. The van der Waals surface area contributed by atoms with E-state index in [0.717, 1.165) is 5.56 Å². The van der Waals surface area contributed by atoms with Gasteiger partial charge in [0.15, 0.2) is 10.8 Å². The summed E-state index contributed by atoms with van der Waals surface area (Å²) in [6, 6.07) is 8.78. The number of hydrogen-bond donors (Lipinski definition) is 2. The smallest absolute Gasteiger partial charge is 0.356 e. The van der Waals surface area contributed by atoms with Crippen molar-refractivity contribution in [2.24, 2.45) is 5.10 Å². The Balaban J connectivity index is 2.36. The van der Waals surface area contributed by atoms with Crippen LogP contribution in [0.3, 0.4) is 0 Å². The maximum absolute atomic E-state index is 11.1. The molecule has 2 rings (SSSR count). The average Bonchev–Trinajstić information content (AvgIpc) is 2.57. The van der Waals surface area contributed by atoms with Crippen molar-refractivity contribution in [1.29, 1.82) is 5.26 Å². The van der Waals surface area contributed by atoms with Crippen LogP contribution in [-0.2, 0) is 0 Å². The highest BCUT2D eigenvalue weighted by Crippen LogP contribution is 2.36. The lowest BCUT2D eigenvalue weighted by molar-refractivity contribution is 0.0691. The van der Waals surface area contributed by atoms with Gasteiger partial charge in [-0.1, -0.05) is 46.9 Å². The number of carbonyl (C=O) groups is 1. The summed E-state index contributed by atoms with van der Waals surface area (Å²) in [6.45, 7) is 1.72. The summed E-state index contributed by atoms with van der Waals surface area (Å²) in [4.78, 5) is 14.7. The van der Waals surface area contributed by atoms with Gasteiger partial charge in [0.2, 0.25) is 0 Å². The molecule has 1 aromatic carbocycles. The van der Waals surface area contributed by atoms with E-state index in [1.54, 1.807) is 31.2 Å². The van der Waals surface area contributed by atoms with Crippen molar-refractivity contribution < 1.29 is 9.90 Å². The Morgan fingerprint density at radius 3 is 2.42 bits per heavy atom. The number of halogens is 3. The minimum absolute atomic E-state index is 0.0388. The first-order valence-corrected chi connectivity index (χ1v) is 7.57. The highest BCUT2D eigenvalue weighted by molar-refractivity contribution is 6.46. The van der Waals surface area contributed by atoms with E-state index < -0.39 is 11.7 Å². The van der Waals surface area contributed by atoms with E-state index in [9.17, 15) is 4.79 Å². The van der Waals surface area contributed by atoms with Crippen molar-refractivity contribution in [3.8, 4) is 6.07 Å². The zero-order chi connectivity index (χ0) is 17.9. The molecule has 0 fully saturated rings. The van der Waals surface area contributed by atoms with E-state index in [2.05, 4.69) is 15.5 Å². The van der Waals surface area contributed by atoms with Crippen molar-refractivity contribution in [2.45, 2.75) is 6.92 Å². The van der Waals surface area contributed by atoms with Gasteiger partial charge in [-0.2, -0.15) is 10.4 Å². The molecule has 0 saturated carbocycles. The molecule has 1 aromatic heterocycles. The number of aromatic carboxylic acids is 1. The third-order valence-electron chi connectivity index (χ3n) is 3.01. The molecule has 0 aliphatic carbocycles. The van der Waals surface area contributed by atoms with Gasteiger partial charge in [-0.15, -0.1) is 0 Å². The van der Waals surface area contributed by atoms with Crippen molar-refractivity contribution in [3.05, 3.63) is 56.3 Å². The molecule has 0 atom stereocenters. The van der Waals surface area contributed by atoms with Crippen LogP contribution in [0.1, 0.15) is 28.5 Å². The predicted octanol–water partition coefficient (Wildman–Crippen LogP) is 4.45. The lowest BCUT2D eigenvalue weighted by Crippen LogP contribution is -2.06. The van der Waals surface area contributed by atoms with Crippen LogP contribution >= 0.6 is 34.8 Å². The Bertz CT molecular complexity index is 874. The zero-order valence-corrected chi connectivity index (χ0v) is 14.4. The van der Waals surface area contributed by atoms with Crippen molar-refractivity contribution in [2.75, 3.05) is 5.43 Å². The van der Waals surface area contributed by atoms with Crippen LogP contribution in [0.2, 0.25) is 15.2 Å². The number of rotatable bonds is 4. The molecule has 0 unspecified atom stereocenters. The third-order valence-corrected chi connectivity index (χ3v) is 4.11. The van der Waals surface area contributed by atoms with Crippen LogP contribution in [0.15, 0.2) is 29.4 Å². The number of carboxylic acid groups (broad SMARTS) is 1. The maximum Gasteiger partial charge on any atom is 0.356 e. The SMILES string of the molecule is CC(=NNc1c(Cl)c(Cl)nc(C(=O)O)c1Cl)c1ccc(C#N)cc1. The summed E-state index contributed by atoms with van der Waals surface area (Å²) >= 11 is 17.8. The summed E-state index contributed by atoms with van der Waals surface area (Å²) in [6.07, 6.45) is 0. The molecule has 1 heterocycles. The first kappa shape index (κ1) is 18.0. The summed E-state index contributed by atoms with van der Waals surface area (Å²) in [5, 5.41) is 21.5. The number of hydrogen-bond acceptors (Lipinski definition) is 5. The van der Waals surface area contributed by atoms with Crippen molar-refractivity contribution in [1.82, 2.24) is 4.98 Å². The second-order valence-corrected chi connectivity index (χ2v) is 5.67. The molecule has 2 aromatic rings. The van der Waals surface area contributed by atoms with Gasteiger partial charge >= 0.3 is 5.97 Å². The lowest BCUT2D eigenvalue weighted by Gasteiger charge is -2.10. The van der Waals surface area contributed by atoms with Crippen LogP contribution in [0.5, 0.6) is 0 Å². The fraction of sp³-hybridized carbons (Fsp3) is 0.0667. The molecule has 0 aliphatic heterocycles. The van der Waals surface area contributed by atoms with Gasteiger partial charge in [-0.25, -0.2) is 9.78 Å². The molecule has 24 heavy (non-hydrogen) atoms. The molecule has 0 amide bonds. The summed E-state index contributed by atoms with van der Waals surface area (Å²) in [7, 11) is 0. The molecule has 0 spiro atoms. The predicted molar refractivity (Wildman–Crippen MR) is 93.2 cm³/mol. The van der Waals surface area contributed by atoms with Crippen LogP contribution in [0.25, 0.3) is 0 Å². The average molecular weight is 384 g/mol. The molecule has 0 radical (unpaired) electrons. The fourth-order valence-electron chi connectivity index (χ4n) is 1.74. The van der Waals surface area contributed by atoms with Gasteiger partial charge in [0.1, 0.15) is 10.0 Å². The number of nitrogens with zero attached hydrogens (tertiary/aromatic N) is 3. The molecule has 9 heteroatoms. The van der Waals surface area contributed by atoms with Gasteiger partial charge < -0.3 is 5.11 Å². The molecule has 0 aliphatic rings. The van der Waals surface area contributed by atoms with Crippen LogP contribution < -0.4 is 5.43 Å². The van der Waals surface area contributed by atoms with Gasteiger partial charge in [0.05, 0.1) is 23.0 Å². The van der Waals surface area contributed by atoms with Gasteiger partial charge in [0.25, 0.3) is 0 Å². The number of nitrogens with one attached hydrogen (secondary N) is 1. The highest BCUT2D eigenvalue weighted by Gasteiger charge is 2.20. The molecule has 2 N–H and O–H groups in total. The quantitative estimate of drug-likeness (QED) is 0.462. The van der Waals surface area contributed by atoms with E-state index in [1.807, 2.05) is 6.07 Å². The van der Waals surface area contributed by atoms with E-state index in [0.29, 0.717) is 11.3 Å². The number of anilines is 1. The largest absolute Gasteiger partial charge is 0.476 e. The van der Waals surface area contributed by atoms with Gasteiger partial charge in [-0.3, -0.25) is 5.43 Å². The van der Waals surface area contributed by atoms with E-state index in [4.69, 9.17) is 45.2 Å². The molecular weight excluding hydrogens is 375 g/mol. The summed E-state index contributed by atoms with van der Waals surface area (Å²) in [5.74, 6) is -1.34. The minimum atomic E-state index is -1.34. The Kier molecular flexibility index (Phi) is 5.62. The Morgan fingerprint density at radius 2 is 1.88 bits per heavy atom. The number of benzene rings is 1. The van der Waals surface area contributed by atoms with E-state index >= 15 is 0 Å². The topological polar surface area (TPSA) is 98.4 Å². The molecule has 6 nitrogen and oxygen atoms in total. The Labute approximate surface area is 152 Å². The number of pyridine rings is 1. The summed E-state index contributed by atoms with van der Waals surface area (Å²) < 4.78 is 0. The lowest BCUT2D eigenvalue weighted by atomic mass is 10.1. The molecule has 0 saturated heterocycles. The van der Waals surface area contributed by atoms with Gasteiger partial charge in [-0.05, 0) is 24.6 Å². The van der Waals surface area contributed by atoms with Crippen molar-refractivity contribution >= 4 is 52.2 Å². The van der Waals surface area contributed by atoms with Crippen LogP contribution in [0.4, 0.5) is 5.69 Å². The number of nitriles is 1. The second kappa shape index (κ2) is 7.49. The number of aromatic nitrogens is 1. The standard InChI is InChI=1S/C15H9Cl3N4O2/c1-7(9-4-2-8(6-19)3-5-9)21-22-12-10(16)13(15(23)24)20-14(18)11(12)17/h2-5H,1H3,(H,20,22)(H,23,24). The first-order valence-electron chi connectivity index (χ1n) is 6.43. The first-order chi connectivity index (χ1) is 11.3.